The maximum absolute atomic E-state index is 12.0. The van der Waals surface area contributed by atoms with Gasteiger partial charge < -0.3 is 15.1 Å². The van der Waals surface area contributed by atoms with Gasteiger partial charge in [0, 0.05) is 24.6 Å². The fourth-order valence-corrected chi connectivity index (χ4v) is 2.31. The SMILES string of the molecule is O=C(CCN1CCCC1)c1cc(O)c(O)c([N+](=O)[O-])c1. The molecule has 1 aromatic rings. The highest BCUT2D eigenvalue weighted by Gasteiger charge is 2.22. The molecule has 0 spiro atoms. The van der Waals surface area contributed by atoms with E-state index in [1.807, 2.05) is 0 Å². The van der Waals surface area contributed by atoms with Crippen molar-refractivity contribution in [1.82, 2.24) is 4.90 Å². The van der Waals surface area contributed by atoms with Crippen molar-refractivity contribution in [2.45, 2.75) is 19.3 Å². The Morgan fingerprint density at radius 3 is 2.55 bits per heavy atom. The highest BCUT2D eigenvalue weighted by Crippen LogP contribution is 2.36. The van der Waals surface area contributed by atoms with Crippen molar-refractivity contribution in [1.29, 1.82) is 0 Å². The molecule has 1 aliphatic rings. The maximum atomic E-state index is 12.0. The number of rotatable bonds is 5. The van der Waals surface area contributed by atoms with Crippen LogP contribution in [-0.4, -0.2) is 45.5 Å². The zero-order chi connectivity index (χ0) is 14.7. The van der Waals surface area contributed by atoms with E-state index in [1.54, 1.807) is 0 Å². The van der Waals surface area contributed by atoms with Crippen molar-refractivity contribution < 1.29 is 19.9 Å². The quantitative estimate of drug-likeness (QED) is 0.368. The summed E-state index contributed by atoms with van der Waals surface area (Å²) in [5, 5.41) is 29.5. The predicted octanol–water partition coefficient (Wildman–Crippen LogP) is 1.67. The van der Waals surface area contributed by atoms with E-state index in [0.29, 0.717) is 6.54 Å². The Morgan fingerprint density at radius 2 is 1.95 bits per heavy atom. The van der Waals surface area contributed by atoms with Crippen LogP contribution in [0.5, 0.6) is 11.5 Å². The predicted molar refractivity (Wildman–Crippen MR) is 71.0 cm³/mol. The lowest BCUT2D eigenvalue weighted by molar-refractivity contribution is -0.386. The molecule has 1 saturated heterocycles. The van der Waals surface area contributed by atoms with Gasteiger partial charge in [0.2, 0.25) is 5.75 Å². The van der Waals surface area contributed by atoms with Crippen LogP contribution in [0.1, 0.15) is 29.6 Å². The Hall–Kier alpha value is -2.15. The van der Waals surface area contributed by atoms with Crippen molar-refractivity contribution in [2.24, 2.45) is 0 Å². The van der Waals surface area contributed by atoms with Crippen LogP contribution in [0.4, 0.5) is 5.69 Å². The van der Waals surface area contributed by atoms with Gasteiger partial charge in [-0.15, -0.1) is 0 Å². The number of likely N-dealkylation sites (tertiary alicyclic amines) is 1. The van der Waals surface area contributed by atoms with Crippen molar-refractivity contribution in [3.05, 3.63) is 27.8 Å². The molecule has 1 fully saturated rings. The van der Waals surface area contributed by atoms with Gasteiger partial charge in [0.1, 0.15) is 0 Å². The van der Waals surface area contributed by atoms with E-state index < -0.39 is 22.1 Å². The molecule has 0 bridgehead atoms. The number of Topliss-reactive ketones (excluding diaryl/α,β-unsaturated/α-hetero) is 1. The second-order valence-corrected chi connectivity index (χ2v) is 4.84. The first-order chi connectivity index (χ1) is 9.49. The lowest BCUT2D eigenvalue weighted by Gasteiger charge is -2.13. The topological polar surface area (TPSA) is 104 Å². The summed E-state index contributed by atoms with van der Waals surface area (Å²) < 4.78 is 0. The van der Waals surface area contributed by atoms with E-state index >= 15 is 0 Å². The number of nitrogens with zero attached hydrogens (tertiary/aromatic N) is 2. The molecule has 0 atom stereocenters. The van der Waals surface area contributed by atoms with Crippen molar-refractivity contribution >= 4 is 11.5 Å². The van der Waals surface area contributed by atoms with Crippen LogP contribution in [0.15, 0.2) is 12.1 Å². The largest absolute Gasteiger partial charge is 0.504 e. The summed E-state index contributed by atoms with van der Waals surface area (Å²) in [4.78, 5) is 24.1. The Kier molecular flexibility index (Phi) is 4.19. The van der Waals surface area contributed by atoms with Crippen LogP contribution >= 0.6 is 0 Å². The Bertz CT molecular complexity index is 538. The van der Waals surface area contributed by atoms with E-state index in [1.165, 1.54) is 0 Å². The molecule has 0 aromatic heterocycles. The molecular weight excluding hydrogens is 264 g/mol. The first-order valence-electron chi connectivity index (χ1n) is 6.45. The summed E-state index contributed by atoms with van der Waals surface area (Å²) in [5.41, 5.74) is -0.610. The number of phenols is 2. The second kappa shape index (κ2) is 5.87. The van der Waals surface area contributed by atoms with Gasteiger partial charge in [-0.2, -0.15) is 0 Å². The van der Waals surface area contributed by atoms with Gasteiger partial charge in [-0.1, -0.05) is 0 Å². The van der Waals surface area contributed by atoms with Crippen LogP contribution in [-0.2, 0) is 0 Å². The van der Waals surface area contributed by atoms with Crippen molar-refractivity contribution in [2.75, 3.05) is 19.6 Å². The number of hydrogen-bond acceptors (Lipinski definition) is 6. The Labute approximate surface area is 115 Å². The number of carbonyl (C=O) groups is 1. The summed E-state index contributed by atoms with van der Waals surface area (Å²) in [6.07, 6.45) is 2.49. The molecule has 108 valence electrons. The molecule has 2 N–H and O–H groups in total. The first kappa shape index (κ1) is 14.3. The molecule has 0 amide bonds. The second-order valence-electron chi connectivity index (χ2n) is 4.84. The molecule has 7 nitrogen and oxygen atoms in total. The smallest absolute Gasteiger partial charge is 0.315 e. The molecule has 1 heterocycles. The molecule has 0 aliphatic carbocycles. The number of benzene rings is 1. The monoisotopic (exact) mass is 280 g/mol. The molecule has 2 rings (SSSR count). The first-order valence-corrected chi connectivity index (χ1v) is 6.45. The van der Waals surface area contributed by atoms with Crippen LogP contribution in [0, 0.1) is 10.1 Å². The van der Waals surface area contributed by atoms with Gasteiger partial charge in [-0.25, -0.2) is 0 Å². The van der Waals surface area contributed by atoms with Gasteiger partial charge in [-0.05, 0) is 32.0 Å². The third-order valence-corrected chi connectivity index (χ3v) is 3.44. The van der Waals surface area contributed by atoms with E-state index in [-0.39, 0.29) is 17.8 Å². The van der Waals surface area contributed by atoms with Gasteiger partial charge >= 0.3 is 5.69 Å². The summed E-state index contributed by atoms with van der Waals surface area (Å²) >= 11 is 0. The zero-order valence-electron chi connectivity index (χ0n) is 10.9. The van der Waals surface area contributed by atoms with Gasteiger partial charge in [0.25, 0.3) is 0 Å². The minimum absolute atomic E-state index is 0.0474. The average Bonchev–Trinajstić information content (AvgIpc) is 2.91. The number of nitro groups is 1. The van der Waals surface area contributed by atoms with E-state index in [9.17, 15) is 25.1 Å². The average molecular weight is 280 g/mol. The van der Waals surface area contributed by atoms with E-state index in [2.05, 4.69) is 4.90 Å². The molecule has 0 unspecified atom stereocenters. The minimum atomic E-state index is -0.827. The molecule has 1 aliphatic heterocycles. The summed E-state index contributed by atoms with van der Waals surface area (Å²) in [5.74, 6) is -1.75. The number of ketones is 1. The summed E-state index contributed by atoms with van der Waals surface area (Å²) in [6, 6.07) is 2.07. The molecule has 0 saturated carbocycles. The third-order valence-electron chi connectivity index (χ3n) is 3.44. The van der Waals surface area contributed by atoms with Crippen LogP contribution in [0.2, 0.25) is 0 Å². The molecule has 20 heavy (non-hydrogen) atoms. The third kappa shape index (κ3) is 3.05. The fourth-order valence-electron chi connectivity index (χ4n) is 2.31. The van der Waals surface area contributed by atoms with Crippen LogP contribution in [0.3, 0.4) is 0 Å². The molecule has 1 aromatic carbocycles. The minimum Gasteiger partial charge on any atom is -0.504 e. The number of phenolic OH excluding ortho intramolecular Hbond substituents is 2. The van der Waals surface area contributed by atoms with E-state index in [4.69, 9.17) is 0 Å². The van der Waals surface area contributed by atoms with Crippen LogP contribution in [0.25, 0.3) is 0 Å². The highest BCUT2D eigenvalue weighted by atomic mass is 16.6. The van der Waals surface area contributed by atoms with E-state index in [0.717, 1.165) is 38.1 Å². The summed E-state index contributed by atoms with van der Waals surface area (Å²) in [6.45, 7) is 2.54. The van der Waals surface area contributed by atoms with Gasteiger partial charge in [-0.3, -0.25) is 14.9 Å². The zero-order valence-corrected chi connectivity index (χ0v) is 10.9. The van der Waals surface area contributed by atoms with Gasteiger partial charge in [0.05, 0.1) is 4.92 Å². The number of carbonyl (C=O) groups excluding carboxylic acids is 1. The van der Waals surface area contributed by atoms with Crippen molar-refractivity contribution in [3.8, 4) is 11.5 Å². The normalized spacial score (nSPS) is 15.4. The number of hydrogen-bond donors (Lipinski definition) is 2. The summed E-state index contributed by atoms with van der Waals surface area (Å²) in [7, 11) is 0. The lowest BCUT2D eigenvalue weighted by Crippen LogP contribution is -2.22. The van der Waals surface area contributed by atoms with Crippen LogP contribution < -0.4 is 0 Å². The Balaban J connectivity index is 2.11. The van der Waals surface area contributed by atoms with Crippen molar-refractivity contribution in [3.63, 3.8) is 0 Å². The van der Waals surface area contributed by atoms with Gasteiger partial charge in [0.15, 0.2) is 11.5 Å². The standard InChI is InChI=1S/C13H16N2O5/c16-11(3-6-14-4-1-2-5-14)9-7-10(15(19)20)13(18)12(17)8-9/h7-8,17-18H,1-6H2. The number of nitro benzene ring substituents is 1. The maximum Gasteiger partial charge on any atom is 0.315 e. The highest BCUT2D eigenvalue weighted by molar-refractivity contribution is 5.97. The molecule has 7 heteroatoms. The Morgan fingerprint density at radius 1 is 1.30 bits per heavy atom. The number of aromatic hydroxyl groups is 2. The molecule has 0 radical (unpaired) electrons. The molecular formula is C13H16N2O5. The lowest BCUT2D eigenvalue weighted by atomic mass is 10.1. The fraction of sp³-hybridized carbons (Fsp3) is 0.462.